The number of hydrogen-bond acceptors (Lipinski definition) is 4. The fraction of sp³-hybridized carbons (Fsp3) is 0.609. The van der Waals surface area contributed by atoms with Crippen molar-refractivity contribution in [1.82, 2.24) is 14.7 Å². The van der Waals surface area contributed by atoms with Gasteiger partial charge in [0.15, 0.2) is 0 Å². The lowest BCUT2D eigenvalue weighted by atomic mass is 9.79. The van der Waals surface area contributed by atoms with Crippen LogP contribution in [-0.4, -0.2) is 78.3 Å². The molecule has 3 aliphatic heterocycles. The van der Waals surface area contributed by atoms with Crippen molar-refractivity contribution < 1.29 is 19.1 Å². The van der Waals surface area contributed by atoms with Gasteiger partial charge in [0, 0.05) is 52.1 Å². The molecule has 1 aromatic rings. The maximum Gasteiger partial charge on any atom is 0.232 e. The molecule has 0 radical (unpaired) electrons. The molecule has 7 heteroatoms. The normalized spacial score (nSPS) is 25.5. The zero-order chi connectivity index (χ0) is 21.3. The van der Waals surface area contributed by atoms with Crippen molar-refractivity contribution in [3.63, 3.8) is 0 Å². The Kier molecular flexibility index (Phi) is 5.71. The lowest BCUT2D eigenvalue weighted by molar-refractivity contribution is -0.142. The second kappa shape index (κ2) is 8.28. The summed E-state index contributed by atoms with van der Waals surface area (Å²) >= 11 is 0. The van der Waals surface area contributed by atoms with E-state index in [0.29, 0.717) is 39.2 Å². The third-order valence-electron chi connectivity index (χ3n) is 6.82. The van der Waals surface area contributed by atoms with Crippen LogP contribution in [0.1, 0.15) is 32.3 Å². The maximum atomic E-state index is 13.5. The van der Waals surface area contributed by atoms with Crippen LogP contribution >= 0.6 is 0 Å². The molecule has 30 heavy (non-hydrogen) atoms. The van der Waals surface area contributed by atoms with E-state index in [0.717, 1.165) is 37.2 Å². The van der Waals surface area contributed by atoms with E-state index in [4.69, 9.17) is 4.74 Å². The topological polar surface area (TPSA) is 70.2 Å². The van der Waals surface area contributed by atoms with Crippen molar-refractivity contribution in [2.75, 3.05) is 45.9 Å². The van der Waals surface area contributed by atoms with Crippen LogP contribution in [0.2, 0.25) is 0 Å². The lowest BCUT2D eigenvalue weighted by Gasteiger charge is -2.32. The van der Waals surface area contributed by atoms with Crippen molar-refractivity contribution in [2.45, 2.75) is 33.1 Å². The molecule has 0 spiro atoms. The first-order valence-electron chi connectivity index (χ1n) is 11.0. The van der Waals surface area contributed by atoms with E-state index >= 15 is 0 Å². The number of fused-ring (bicyclic) bond motifs is 1. The molecule has 4 rings (SSSR count). The number of rotatable bonds is 5. The molecule has 0 bridgehead atoms. The van der Waals surface area contributed by atoms with Crippen molar-refractivity contribution >= 4 is 17.7 Å². The van der Waals surface area contributed by atoms with E-state index in [-0.39, 0.29) is 23.6 Å². The Morgan fingerprint density at radius 1 is 1.00 bits per heavy atom. The van der Waals surface area contributed by atoms with Gasteiger partial charge in [-0.1, -0.05) is 12.1 Å². The van der Waals surface area contributed by atoms with Gasteiger partial charge in [0.2, 0.25) is 17.7 Å². The maximum absolute atomic E-state index is 13.5. The van der Waals surface area contributed by atoms with Crippen LogP contribution < -0.4 is 4.74 Å². The predicted molar refractivity (Wildman–Crippen MR) is 112 cm³/mol. The van der Waals surface area contributed by atoms with Crippen molar-refractivity contribution in [2.24, 2.45) is 11.3 Å². The Balaban J connectivity index is 1.48. The fourth-order valence-electron chi connectivity index (χ4n) is 5.19. The Morgan fingerprint density at radius 2 is 1.63 bits per heavy atom. The number of hydrogen-bond donors (Lipinski definition) is 0. The van der Waals surface area contributed by atoms with E-state index in [2.05, 4.69) is 0 Å². The van der Waals surface area contributed by atoms with Crippen LogP contribution in [0.5, 0.6) is 5.75 Å². The third kappa shape index (κ3) is 3.77. The highest BCUT2D eigenvalue weighted by molar-refractivity contribution is 5.88. The predicted octanol–water partition coefficient (Wildman–Crippen LogP) is 1.56. The molecular weight excluding hydrogens is 382 g/mol. The van der Waals surface area contributed by atoms with Gasteiger partial charge in [-0.05, 0) is 37.5 Å². The first kappa shape index (κ1) is 20.7. The average molecular weight is 414 g/mol. The van der Waals surface area contributed by atoms with Gasteiger partial charge in [-0.2, -0.15) is 0 Å². The summed E-state index contributed by atoms with van der Waals surface area (Å²) in [6.07, 6.45) is 2.37. The number of amides is 3. The van der Waals surface area contributed by atoms with Gasteiger partial charge in [-0.25, -0.2) is 0 Å². The molecule has 0 saturated carbocycles. The van der Waals surface area contributed by atoms with Crippen LogP contribution in [-0.2, 0) is 20.8 Å². The third-order valence-corrected chi connectivity index (χ3v) is 6.82. The van der Waals surface area contributed by atoms with Gasteiger partial charge < -0.3 is 19.4 Å². The molecule has 0 unspecified atom stereocenters. The molecule has 2 atom stereocenters. The molecular formula is C23H31N3O4. The van der Waals surface area contributed by atoms with Crippen molar-refractivity contribution in [1.29, 1.82) is 0 Å². The van der Waals surface area contributed by atoms with E-state index in [1.807, 2.05) is 41.0 Å². The molecule has 0 aliphatic carbocycles. The minimum Gasteiger partial charge on any atom is -0.494 e. The second-order valence-electron chi connectivity index (χ2n) is 8.78. The Labute approximate surface area is 177 Å². The summed E-state index contributed by atoms with van der Waals surface area (Å²) < 4.78 is 5.46. The molecule has 0 N–H and O–H groups in total. The largest absolute Gasteiger partial charge is 0.494 e. The smallest absolute Gasteiger partial charge is 0.232 e. The summed E-state index contributed by atoms with van der Waals surface area (Å²) in [6, 6.07) is 7.60. The standard InChI is InChI=1S/C23H31N3O4/c1-3-30-20-8-6-18(7-9-20)12-21(28)26-14-19-13-25(17(2)27)15-23(19,16-26)22(29)24-10-4-5-11-24/h6-9,19H,3-5,10-16H2,1-2H3/t19-,23-/m0/s1. The Bertz CT molecular complexity index is 818. The molecule has 0 aromatic heterocycles. The number of ether oxygens (including phenoxy) is 1. The molecule has 7 nitrogen and oxygen atoms in total. The molecule has 162 valence electrons. The summed E-state index contributed by atoms with van der Waals surface area (Å²) in [5.74, 6) is 0.981. The molecule has 3 saturated heterocycles. The second-order valence-corrected chi connectivity index (χ2v) is 8.78. The van der Waals surface area contributed by atoms with Gasteiger partial charge in [0.1, 0.15) is 5.75 Å². The van der Waals surface area contributed by atoms with Crippen molar-refractivity contribution in [3.05, 3.63) is 29.8 Å². The number of carbonyl (C=O) groups is 3. The number of benzene rings is 1. The summed E-state index contributed by atoms with van der Waals surface area (Å²) in [4.78, 5) is 44.1. The van der Waals surface area contributed by atoms with E-state index in [1.165, 1.54) is 0 Å². The zero-order valence-electron chi connectivity index (χ0n) is 17.9. The first-order valence-corrected chi connectivity index (χ1v) is 11.0. The molecule has 3 heterocycles. The number of likely N-dealkylation sites (tertiary alicyclic amines) is 3. The van der Waals surface area contributed by atoms with Gasteiger partial charge in [-0.3, -0.25) is 14.4 Å². The summed E-state index contributed by atoms with van der Waals surface area (Å²) in [7, 11) is 0. The first-order chi connectivity index (χ1) is 14.4. The van der Waals surface area contributed by atoms with Crippen LogP contribution in [0.4, 0.5) is 0 Å². The van der Waals surface area contributed by atoms with E-state index in [1.54, 1.807) is 11.8 Å². The fourth-order valence-corrected chi connectivity index (χ4v) is 5.19. The summed E-state index contributed by atoms with van der Waals surface area (Å²) in [6.45, 7) is 7.61. The highest BCUT2D eigenvalue weighted by atomic mass is 16.5. The van der Waals surface area contributed by atoms with Crippen LogP contribution in [0.25, 0.3) is 0 Å². The van der Waals surface area contributed by atoms with Gasteiger partial charge >= 0.3 is 0 Å². The van der Waals surface area contributed by atoms with Crippen LogP contribution in [0.3, 0.4) is 0 Å². The van der Waals surface area contributed by atoms with Crippen molar-refractivity contribution in [3.8, 4) is 5.75 Å². The number of nitrogens with zero attached hydrogens (tertiary/aromatic N) is 3. The van der Waals surface area contributed by atoms with E-state index < -0.39 is 5.41 Å². The number of carbonyl (C=O) groups excluding carboxylic acids is 3. The summed E-state index contributed by atoms with van der Waals surface area (Å²) in [5.41, 5.74) is 0.288. The van der Waals surface area contributed by atoms with E-state index in [9.17, 15) is 14.4 Å². The van der Waals surface area contributed by atoms with Crippen LogP contribution in [0, 0.1) is 11.3 Å². The Hall–Kier alpha value is -2.57. The van der Waals surface area contributed by atoms with Gasteiger partial charge in [-0.15, -0.1) is 0 Å². The highest BCUT2D eigenvalue weighted by Gasteiger charge is 2.59. The van der Waals surface area contributed by atoms with Crippen LogP contribution in [0.15, 0.2) is 24.3 Å². The quantitative estimate of drug-likeness (QED) is 0.735. The average Bonchev–Trinajstić information content (AvgIpc) is 3.44. The zero-order valence-corrected chi connectivity index (χ0v) is 17.9. The lowest BCUT2D eigenvalue weighted by Crippen LogP contribution is -2.49. The molecule has 1 aromatic carbocycles. The van der Waals surface area contributed by atoms with Gasteiger partial charge in [0.05, 0.1) is 18.4 Å². The molecule has 3 fully saturated rings. The highest BCUT2D eigenvalue weighted by Crippen LogP contribution is 2.44. The monoisotopic (exact) mass is 413 g/mol. The molecule has 3 aliphatic rings. The SMILES string of the molecule is CCOc1ccc(CC(=O)N2C[C@@H]3CN(C(C)=O)C[C@]3(C(=O)N3CCCC3)C2)cc1. The minimum absolute atomic E-state index is 0.00487. The Morgan fingerprint density at radius 3 is 2.27 bits per heavy atom. The summed E-state index contributed by atoms with van der Waals surface area (Å²) in [5, 5.41) is 0. The molecule has 3 amide bonds. The van der Waals surface area contributed by atoms with Gasteiger partial charge in [0.25, 0.3) is 0 Å². The minimum atomic E-state index is -0.648.